The van der Waals surface area contributed by atoms with Crippen molar-refractivity contribution < 1.29 is 0 Å². The summed E-state index contributed by atoms with van der Waals surface area (Å²) in [5.41, 5.74) is 2.31. The molecule has 0 aliphatic heterocycles. The molecule has 2 aromatic rings. The quantitative estimate of drug-likeness (QED) is 0.884. The van der Waals surface area contributed by atoms with Crippen molar-refractivity contribution in [2.45, 2.75) is 32.7 Å². The van der Waals surface area contributed by atoms with Crippen LogP contribution in [0.1, 0.15) is 31.2 Å². The third-order valence-electron chi connectivity index (χ3n) is 4.13. The molecule has 106 valence electrons. The smallest absolute Gasteiger partial charge is 0.107 e. The summed E-state index contributed by atoms with van der Waals surface area (Å²) in [6, 6.07) is 10.4. The average molecular weight is 286 g/mol. The van der Waals surface area contributed by atoms with E-state index in [0.717, 1.165) is 30.6 Å². The molecule has 0 saturated heterocycles. The molecule has 3 heteroatoms. The highest BCUT2D eigenvalue weighted by Crippen LogP contribution is 2.29. The summed E-state index contributed by atoms with van der Waals surface area (Å²) in [5.74, 6) is 1.80. The molecular formula is C17H22N2S. The number of thiazole rings is 1. The lowest BCUT2D eigenvalue weighted by atomic mass is 10.1. The van der Waals surface area contributed by atoms with Crippen molar-refractivity contribution >= 4 is 11.3 Å². The van der Waals surface area contributed by atoms with Crippen LogP contribution in [0, 0.1) is 11.8 Å². The number of hydrogen-bond donors (Lipinski definition) is 1. The van der Waals surface area contributed by atoms with Crippen molar-refractivity contribution in [3.63, 3.8) is 0 Å². The zero-order valence-electron chi connectivity index (χ0n) is 12.0. The van der Waals surface area contributed by atoms with Gasteiger partial charge in [-0.05, 0) is 31.2 Å². The molecule has 1 heterocycles. The SMILES string of the molecule is CC1CCC(CNCc2nc(-c3ccccc3)cs2)C1. The van der Waals surface area contributed by atoms with Crippen molar-refractivity contribution in [1.82, 2.24) is 10.3 Å². The molecule has 2 atom stereocenters. The van der Waals surface area contributed by atoms with Crippen LogP contribution in [0.5, 0.6) is 0 Å². The lowest BCUT2D eigenvalue weighted by Gasteiger charge is -2.09. The Hall–Kier alpha value is -1.19. The van der Waals surface area contributed by atoms with Gasteiger partial charge < -0.3 is 5.32 Å². The normalized spacial score (nSPS) is 22.2. The molecule has 1 N–H and O–H groups in total. The topological polar surface area (TPSA) is 24.9 Å². The Morgan fingerprint density at radius 1 is 1.25 bits per heavy atom. The first-order chi connectivity index (χ1) is 9.81. The van der Waals surface area contributed by atoms with Gasteiger partial charge in [-0.15, -0.1) is 11.3 Å². The monoisotopic (exact) mass is 286 g/mol. The number of nitrogens with one attached hydrogen (secondary N) is 1. The van der Waals surface area contributed by atoms with Crippen LogP contribution in [0.3, 0.4) is 0 Å². The fraction of sp³-hybridized carbons (Fsp3) is 0.471. The van der Waals surface area contributed by atoms with Crippen LogP contribution in [0.4, 0.5) is 0 Å². The fourth-order valence-electron chi connectivity index (χ4n) is 3.03. The van der Waals surface area contributed by atoms with E-state index in [1.807, 2.05) is 6.07 Å². The Balaban J connectivity index is 1.50. The molecule has 1 fully saturated rings. The van der Waals surface area contributed by atoms with Crippen LogP contribution < -0.4 is 5.32 Å². The first kappa shape index (κ1) is 13.8. The predicted molar refractivity (Wildman–Crippen MR) is 85.8 cm³/mol. The minimum atomic E-state index is 0.874. The van der Waals surface area contributed by atoms with Gasteiger partial charge in [-0.25, -0.2) is 4.98 Å². The first-order valence-electron chi connectivity index (χ1n) is 7.52. The van der Waals surface area contributed by atoms with Gasteiger partial charge >= 0.3 is 0 Å². The second-order valence-electron chi connectivity index (χ2n) is 5.91. The van der Waals surface area contributed by atoms with E-state index < -0.39 is 0 Å². The summed E-state index contributed by atoms with van der Waals surface area (Å²) < 4.78 is 0. The van der Waals surface area contributed by atoms with Crippen LogP contribution in [-0.2, 0) is 6.54 Å². The second kappa shape index (κ2) is 6.51. The van der Waals surface area contributed by atoms with Gasteiger partial charge in [0.05, 0.1) is 5.69 Å². The molecule has 1 aromatic heterocycles. The van der Waals surface area contributed by atoms with E-state index in [2.05, 4.69) is 41.9 Å². The molecule has 0 amide bonds. The summed E-state index contributed by atoms with van der Waals surface area (Å²) in [5, 5.41) is 6.92. The zero-order valence-corrected chi connectivity index (χ0v) is 12.8. The third kappa shape index (κ3) is 3.47. The van der Waals surface area contributed by atoms with Gasteiger partial charge in [0.2, 0.25) is 0 Å². The summed E-state index contributed by atoms with van der Waals surface area (Å²) in [7, 11) is 0. The van der Waals surface area contributed by atoms with Crippen LogP contribution in [-0.4, -0.2) is 11.5 Å². The van der Waals surface area contributed by atoms with Crippen LogP contribution in [0.2, 0.25) is 0 Å². The van der Waals surface area contributed by atoms with E-state index >= 15 is 0 Å². The third-order valence-corrected chi connectivity index (χ3v) is 4.98. The molecule has 3 rings (SSSR count). The summed E-state index contributed by atoms with van der Waals surface area (Å²) >= 11 is 1.75. The van der Waals surface area contributed by atoms with Gasteiger partial charge in [-0.1, -0.05) is 43.7 Å². The van der Waals surface area contributed by atoms with Crippen molar-refractivity contribution in [3.8, 4) is 11.3 Å². The average Bonchev–Trinajstić information content (AvgIpc) is 3.09. The number of aromatic nitrogens is 1. The predicted octanol–water partition coefficient (Wildman–Crippen LogP) is 4.34. The van der Waals surface area contributed by atoms with E-state index in [1.165, 1.54) is 29.8 Å². The molecule has 1 aliphatic rings. The molecule has 2 unspecified atom stereocenters. The molecule has 20 heavy (non-hydrogen) atoms. The summed E-state index contributed by atoms with van der Waals surface area (Å²) in [6.45, 7) is 4.42. The highest BCUT2D eigenvalue weighted by Gasteiger charge is 2.20. The van der Waals surface area contributed by atoms with Crippen molar-refractivity contribution in [2.75, 3.05) is 6.54 Å². The summed E-state index contributed by atoms with van der Waals surface area (Å²) in [4.78, 5) is 4.72. The zero-order chi connectivity index (χ0) is 13.8. The Bertz CT molecular complexity index is 535. The molecule has 1 aliphatic carbocycles. The first-order valence-corrected chi connectivity index (χ1v) is 8.40. The van der Waals surface area contributed by atoms with Crippen molar-refractivity contribution in [2.24, 2.45) is 11.8 Å². The second-order valence-corrected chi connectivity index (χ2v) is 6.85. The van der Waals surface area contributed by atoms with Gasteiger partial charge in [0.15, 0.2) is 0 Å². The highest BCUT2D eigenvalue weighted by molar-refractivity contribution is 7.09. The Labute approximate surface area is 125 Å². The molecule has 2 nitrogen and oxygen atoms in total. The van der Waals surface area contributed by atoms with Gasteiger partial charge in [0.25, 0.3) is 0 Å². The Morgan fingerprint density at radius 2 is 2.10 bits per heavy atom. The van der Waals surface area contributed by atoms with Gasteiger partial charge in [-0.3, -0.25) is 0 Å². The number of rotatable bonds is 5. The minimum absolute atomic E-state index is 0.874. The van der Waals surface area contributed by atoms with E-state index in [4.69, 9.17) is 4.98 Å². The highest BCUT2D eigenvalue weighted by atomic mass is 32.1. The maximum absolute atomic E-state index is 4.72. The molecule has 0 radical (unpaired) electrons. The largest absolute Gasteiger partial charge is 0.310 e. The van der Waals surface area contributed by atoms with Gasteiger partial charge in [-0.2, -0.15) is 0 Å². The van der Waals surface area contributed by atoms with E-state index in [-0.39, 0.29) is 0 Å². The lowest BCUT2D eigenvalue weighted by Crippen LogP contribution is -2.20. The van der Waals surface area contributed by atoms with Crippen LogP contribution in [0.25, 0.3) is 11.3 Å². The number of benzene rings is 1. The standard InChI is InChI=1S/C17H22N2S/c1-13-7-8-14(9-13)10-18-11-17-19-16(12-20-17)15-5-3-2-4-6-15/h2-6,12-14,18H,7-11H2,1H3. The van der Waals surface area contributed by atoms with Crippen LogP contribution in [0.15, 0.2) is 35.7 Å². The number of hydrogen-bond acceptors (Lipinski definition) is 3. The van der Waals surface area contributed by atoms with Gasteiger partial charge in [0, 0.05) is 17.5 Å². The van der Waals surface area contributed by atoms with E-state index in [1.54, 1.807) is 11.3 Å². The lowest BCUT2D eigenvalue weighted by molar-refractivity contribution is 0.470. The maximum atomic E-state index is 4.72. The van der Waals surface area contributed by atoms with Crippen LogP contribution >= 0.6 is 11.3 Å². The van der Waals surface area contributed by atoms with E-state index in [0.29, 0.717) is 0 Å². The molecule has 1 aromatic carbocycles. The summed E-state index contributed by atoms with van der Waals surface area (Å²) in [6.07, 6.45) is 4.18. The maximum Gasteiger partial charge on any atom is 0.107 e. The minimum Gasteiger partial charge on any atom is -0.310 e. The number of nitrogens with zero attached hydrogens (tertiary/aromatic N) is 1. The molecule has 0 bridgehead atoms. The molecular weight excluding hydrogens is 264 g/mol. The van der Waals surface area contributed by atoms with Crippen molar-refractivity contribution in [1.29, 1.82) is 0 Å². The molecule has 0 spiro atoms. The molecule has 1 saturated carbocycles. The van der Waals surface area contributed by atoms with Gasteiger partial charge in [0.1, 0.15) is 5.01 Å². The Kier molecular flexibility index (Phi) is 4.48. The van der Waals surface area contributed by atoms with E-state index in [9.17, 15) is 0 Å². The van der Waals surface area contributed by atoms with Crippen molar-refractivity contribution in [3.05, 3.63) is 40.7 Å². The Morgan fingerprint density at radius 3 is 2.85 bits per heavy atom. The fourth-order valence-corrected chi connectivity index (χ4v) is 3.80.